The van der Waals surface area contributed by atoms with E-state index in [0.29, 0.717) is 13.1 Å². The van der Waals surface area contributed by atoms with Gasteiger partial charge in [0, 0.05) is 31.6 Å². The standard InChI is InChI=1S/C22H39N3O2/c1-17(2)20(27)22-15-25(16-22)13-11-9-7-6-8-10-12-21(5,24-18(3)4)19(26)14-23-22/h9,11,17-18,23-24H,6-8,10,12-16H2,1-5H3/b11-9-/t21-/m1/s1. The molecule has 0 saturated carbocycles. The lowest BCUT2D eigenvalue weighted by atomic mass is 9.79. The van der Waals surface area contributed by atoms with Gasteiger partial charge in [-0.2, -0.15) is 0 Å². The molecule has 0 radical (unpaired) electrons. The van der Waals surface area contributed by atoms with Crippen LogP contribution in [0.15, 0.2) is 12.2 Å². The van der Waals surface area contributed by atoms with Crippen LogP contribution in [0, 0.1) is 5.92 Å². The fourth-order valence-corrected chi connectivity index (χ4v) is 4.39. The van der Waals surface area contributed by atoms with E-state index >= 15 is 0 Å². The molecule has 154 valence electrons. The summed E-state index contributed by atoms with van der Waals surface area (Å²) in [6.45, 7) is 12.6. The molecule has 3 aliphatic heterocycles. The highest BCUT2D eigenvalue weighted by molar-refractivity contribution is 5.94. The Morgan fingerprint density at radius 3 is 2.48 bits per heavy atom. The van der Waals surface area contributed by atoms with E-state index in [1.807, 2.05) is 20.8 Å². The Bertz CT molecular complexity index is 550. The molecule has 1 saturated heterocycles. The zero-order valence-electron chi connectivity index (χ0n) is 17.9. The SMILES string of the molecule is CC(C)N[C@]1(C)CCCCC/C=C\CN2CC(C(=O)C(C)C)(C2)NCC1=O. The summed E-state index contributed by atoms with van der Waals surface area (Å²) in [5.74, 6) is 0.351. The van der Waals surface area contributed by atoms with Gasteiger partial charge in [-0.15, -0.1) is 0 Å². The van der Waals surface area contributed by atoms with E-state index in [0.717, 1.165) is 38.6 Å². The highest BCUT2D eigenvalue weighted by Crippen LogP contribution is 2.26. The van der Waals surface area contributed by atoms with Crippen LogP contribution in [0.5, 0.6) is 0 Å². The smallest absolute Gasteiger partial charge is 0.166 e. The van der Waals surface area contributed by atoms with Crippen molar-refractivity contribution in [3.8, 4) is 0 Å². The molecule has 0 aliphatic carbocycles. The number of fused-ring (bicyclic) bond motifs is 10. The number of hydrogen-bond acceptors (Lipinski definition) is 5. The van der Waals surface area contributed by atoms with Crippen molar-refractivity contribution in [3.05, 3.63) is 12.2 Å². The summed E-state index contributed by atoms with van der Waals surface area (Å²) in [5.41, 5.74) is -1.11. The molecule has 0 unspecified atom stereocenters. The first-order valence-electron chi connectivity index (χ1n) is 10.7. The van der Waals surface area contributed by atoms with Crippen molar-refractivity contribution in [2.75, 3.05) is 26.2 Å². The Morgan fingerprint density at radius 1 is 1.15 bits per heavy atom. The van der Waals surface area contributed by atoms with Gasteiger partial charge in [-0.1, -0.05) is 38.8 Å². The second-order valence-corrected chi connectivity index (χ2v) is 9.25. The number of Topliss-reactive ketones (excluding diaryl/α,β-unsaturated/α-hetero) is 2. The monoisotopic (exact) mass is 377 g/mol. The van der Waals surface area contributed by atoms with Crippen molar-refractivity contribution in [3.63, 3.8) is 0 Å². The van der Waals surface area contributed by atoms with Gasteiger partial charge in [-0.3, -0.25) is 19.8 Å². The van der Waals surface area contributed by atoms with Gasteiger partial charge in [0.15, 0.2) is 11.6 Å². The van der Waals surface area contributed by atoms with E-state index in [1.165, 1.54) is 0 Å². The Labute approximate surface area is 165 Å². The number of carbonyl (C=O) groups is 2. The minimum atomic E-state index is -0.573. The predicted molar refractivity (Wildman–Crippen MR) is 111 cm³/mol. The average molecular weight is 378 g/mol. The number of allylic oxidation sites excluding steroid dienone is 1. The van der Waals surface area contributed by atoms with Crippen LogP contribution in [-0.2, 0) is 9.59 Å². The van der Waals surface area contributed by atoms with Crippen molar-refractivity contribution in [2.45, 2.75) is 83.8 Å². The molecule has 3 aliphatic rings. The molecule has 1 fully saturated rings. The van der Waals surface area contributed by atoms with Gasteiger partial charge in [0.25, 0.3) is 0 Å². The van der Waals surface area contributed by atoms with Gasteiger partial charge in [0.1, 0.15) is 5.54 Å². The van der Waals surface area contributed by atoms with Gasteiger partial charge < -0.3 is 5.32 Å². The third-order valence-electron chi connectivity index (χ3n) is 5.87. The molecule has 3 heterocycles. The zero-order valence-corrected chi connectivity index (χ0v) is 17.9. The van der Waals surface area contributed by atoms with Gasteiger partial charge >= 0.3 is 0 Å². The van der Waals surface area contributed by atoms with Crippen LogP contribution in [0.1, 0.15) is 66.7 Å². The summed E-state index contributed by atoms with van der Waals surface area (Å²) in [6, 6.07) is 0.245. The zero-order chi connectivity index (χ0) is 20.1. The molecule has 2 N–H and O–H groups in total. The minimum Gasteiger partial charge on any atom is -0.303 e. The molecule has 0 amide bonds. The lowest BCUT2D eigenvalue weighted by Gasteiger charge is -2.50. The maximum absolute atomic E-state index is 13.1. The summed E-state index contributed by atoms with van der Waals surface area (Å²) >= 11 is 0. The number of carbonyl (C=O) groups excluding carboxylic acids is 2. The Morgan fingerprint density at radius 2 is 1.85 bits per heavy atom. The first kappa shape index (κ1) is 22.3. The molecule has 3 rings (SSSR count). The van der Waals surface area contributed by atoms with Crippen LogP contribution in [0.2, 0.25) is 0 Å². The Hall–Kier alpha value is -1.04. The van der Waals surface area contributed by atoms with E-state index < -0.39 is 11.1 Å². The molecule has 1 atom stereocenters. The second-order valence-electron chi connectivity index (χ2n) is 9.25. The van der Waals surface area contributed by atoms with Crippen LogP contribution in [0.4, 0.5) is 0 Å². The van der Waals surface area contributed by atoms with Crippen LogP contribution in [0.25, 0.3) is 0 Å². The summed E-state index contributed by atoms with van der Waals surface area (Å²) in [7, 11) is 0. The van der Waals surface area contributed by atoms with Crippen molar-refractivity contribution < 1.29 is 9.59 Å². The lowest BCUT2D eigenvalue weighted by Crippen LogP contribution is -2.74. The van der Waals surface area contributed by atoms with E-state index in [2.05, 4.69) is 41.5 Å². The Kier molecular flexibility index (Phi) is 7.78. The first-order chi connectivity index (χ1) is 12.7. The summed E-state index contributed by atoms with van der Waals surface area (Å²) in [6.07, 6.45) is 9.75. The molecular formula is C22H39N3O2. The summed E-state index contributed by atoms with van der Waals surface area (Å²) in [4.78, 5) is 28.3. The lowest BCUT2D eigenvalue weighted by molar-refractivity contribution is -0.136. The third-order valence-corrected chi connectivity index (χ3v) is 5.87. The van der Waals surface area contributed by atoms with Gasteiger partial charge in [0.05, 0.1) is 12.1 Å². The van der Waals surface area contributed by atoms with Crippen molar-refractivity contribution >= 4 is 11.6 Å². The fourth-order valence-electron chi connectivity index (χ4n) is 4.39. The molecule has 5 heteroatoms. The molecule has 0 aromatic heterocycles. The van der Waals surface area contributed by atoms with Crippen LogP contribution >= 0.6 is 0 Å². The van der Waals surface area contributed by atoms with Crippen LogP contribution in [0.3, 0.4) is 0 Å². The van der Waals surface area contributed by atoms with Gasteiger partial charge in [-0.05, 0) is 40.0 Å². The quantitative estimate of drug-likeness (QED) is 0.738. The summed E-state index contributed by atoms with van der Waals surface area (Å²) < 4.78 is 0. The topological polar surface area (TPSA) is 61.4 Å². The van der Waals surface area contributed by atoms with Crippen molar-refractivity contribution in [1.29, 1.82) is 0 Å². The molecule has 5 nitrogen and oxygen atoms in total. The number of ketones is 2. The molecule has 0 aromatic carbocycles. The highest BCUT2D eigenvalue weighted by atomic mass is 16.1. The third kappa shape index (κ3) is 5.72. The number of nitrogens with zero attached hydrogens (tertiary/aromatic N) is 1. The maximum atomic E-state index is 13.1. The summed E-state index contributed by atoms with van der Waals surface area (Å²) in [5, 5.41) is 6.88. The maximum Gasteiger partial charge on any atom is 0.166 e. The van der Waals surface area contributed by atoms with E-state index in [-0.39, 0.29) is 30.1 Å². The van der Waals surface area contributed by atoms with E-state index in [1.54, 1.807) is 0 Å². The van der Waals surface area contributed by atoms with E-state index in [4.69, 9.17) is 0 Å². The average Bonchev–Trinajstić information content (AvgIpc) is 2.56. The molecular weight excluding hydrogens is 338 g/mol. The predicted octanol–water partition coefficient (Wildman–Crippen LogP) is 2.70. The molecule has 0 aromatic rings. The first-order valence-corrected chi connectivity index (χ1v) is 10.7. The highest BCUT2D eigenvalue weighted by Gasteiger charge is 2.49. The Balaban J connectivity index is 2.17. The number of nitrogens with one attached hydrogen (secondary N) is 2. The normalized spacial score (nSPS) is 34.6. The van der Waals surface area contributed by atoms with Crippen LogP contribution < -0.4 is 10.6 Å². The minimum absolute atomic E-state index is 0.0347. The van der Waals surface area contributed by atoms with Crippen LogP contribution in [-0.4, -0.2) is 59.8 Å². The number of rotatable bonds is 4. The molecule has 2 bridgehead atoms. The van der Waals surface area contributed by atoms with Crippen molar-refractivity contribution in [2.24, 2.45) is 5.92 Å². The largest absolute Gasteiger partial charge is 0.303 e. The van der Waals surface area contributed by atoms with Gasteiger partial charge in [-0.25, -0.2) is 0 Å². The number of hydrogen-bond donors (Lipinski definition) is 2. The van der Waals surface area contributed by atoms with Gasteiger partial charge in [0.2, 0.25) is 0 Å². The fraction of sp³-hybridized carbons (Fsp3) is 0.818. The van der Waals surface area contributed by atoms with E-state index in [9.17, 15) is 9.59 Å². The molecule has 27 heavy (non-hydrogen) atoms. The van der Waals surface area contributed by atoms with Crippen molar-refractivity contribution in [1.82, 2.24) is 15.5 Å². The second kappa shape index (κ2) is 9.44. The molecule has 0 spiro atoms.